The molecule has 1 saturated heterocycles. The minimum absolute atomic E-state index is 0.0890. The summed E-state index contributed by atoms with van der Waals surface area (Å²) in [7, 11) is 1.81. The molecular weight excluding hydrogens is 310 g/mol. The third-order valence-corrected chi connectivity index (χ3v) is 3.65. The number of aliphatic hydroxyl groups is 1. The average molecular weight is 335 g/mol. The van der Waals surface area contributed by atoms with Gasteiger partial charge < -0.3 is 20.5 Å². The molecule has 1 aliphatic rings. The number of hydrogen-bond donors (Lipinski definition) is 3. The van der Waals surface area contributed by atoms with Crippen molar-refractivity contribution in [2.24, 2.45) is 0 Å². The zero-order valence-electron chi connectivity index (χ0n) is 14.5. The van der Waals surface area contributed by atoms with E-state index in [0.29, 0.717) is 5.69 Å². The first kappa shape index (κ1) is 18.1. The van der Waals surface area contributed by atoms with Crippen LogP contribution in [0.1, 0.15) is 27.2 Å². The number of β-amino-alcohol motifs (C(OH)–C–C–N with tert-alkyl or cyclic N) is 1. The van der Waals surface area contributed by atoms with Gasteiger partial charge in [-0.2, -0.15) is 0 Å². The van der Waals surface area contributed by atoms with E-state index in [9.17, 15) is 14.7 Å². The van der Waals surface area contributed by atoms with Crippen LogP contribution in [-0.4, -0.2) is 53.3 Å². The third-order valence-electron chi connectivity index (χ3n) is 3.65. The van der Waals surface area contributed by atoms with Gasteiger partial charge in [0.05, 0.1) is 12.6 Å². The normalized spacial score (nSPS) is 20.6. The van der Waals surface area contributed by atoms with Gasteiger partial charge in [-0.15, -0.1) is 0 Å². The van der Waals surface area contributed by atoms with E-state index in [1.54, 1.807) is 32.9 Å². The van der Waals surface area contributed by atoms with Crippen molar-refractivity contribution in [1.29, 1.82) is 0 Å². The second kappa shape index (κ2) is 7.09. The van der Waals surface area contributed by atoms with Crippen molar-refractivity contribution in [1.82, 2.24) is 4.90 Å². The minimum Gasteiger partial charge on any atom is -0.444 e. The van der Waals surface area contributed by atoms with E-state index < -0.39 is 23.8 Å². The molecule has 2 amide bonds. The number of benzene rings is 1. The zero-order valence-corrected chi connectivity index (χ0v) is 14.5. The Labute approximate surface area is 142 Å². The number of nitrogens with zero attached hydrogens (tertiary/aromatic N) is 1. The van der Waals surface area contributed by atoms with Crippen LogP contribution in [0.4, 0.5) is 16.2 Å². The Bertz CT molecular complexity index is 595. The first-order valence-electron chi connectivity index (χ1n) is 7.96. The van der Waals surface area contributed by atoms with Crippen LogP contribution in [0.25, 0.3) is 0 Å². The summed E-state index contributed by atoms with van der Waals surface area (Å²) in [4.78, 5) is 26.1. The summed E-state index contributed by atoms with van der Waals surface area (Å²) in [5.74, 6) is -0.338. The molecule has 3 N–H and O–H groups in total. The Morgan fingerprint density at radius 3 is 2.33 bits per heavy atom. The first-order chi connectivity index (χ1) is 11.2. The Balaban J connectivity index is 2.06. The fourth-order valence-electron chi connectivity index (χ4n) is 2.53. The zero-order chi connectivity index (χ0) is 17.9. The maximum absolute atomic E-state index is 12.5. The van der Waals surface area contributed by atoms with Crippen LogP contribution in [0.2, 0.25) is 0 Å². The van der Waals surface area contributed by atoms with Gasteiger partial charge in [0, 0.05) is 24.8 Å². The van der Waals surface area contributed by atoms with E-state index in [1.807, 2.05) is 19.2 Å². The molecule has 132 valence electrons. The molecule has 0 aromatic heterocycles. The maximum Gasteiger partial charge on any atom is 0.411 e. The molecule has 1 aromatic rings. The first-order valence-corrected chi connectivity index (χ1v) is 7.96. The second-order valence-corrected chi connectivity index (χ2v) is 6.85. The van der Waals surface area contributed by atoms with E-state index in [1.165, 1.54) is 4.90 Å². The fraction of sp³-hybridized carbons (Fsp3) is 0.529. The van der Waals surface area contributed by atoms with E-state index in [4.69, 9.17) is 4.74 Å². The number of carbonyl (C=O) groups excluding carboxylic acids is 2. The van der Waals surface area contributed by atoms with Gasteiger partial charge in [0.25, 0.3) is 0 Å². The topological polar surface area (TPSA) is 90.9 Å². The molecule has 2 rings (SSSR count). The monoisotopic (exact) mass is 335 g/mol. The van der Waals surface area contributed by atoms with Gasteiger partial charge in [-0.3, -0.25) is 9.69 Å². The number of nitrogens with one attached hydrogen (secondary N) is 2. The van der Waals surface area contributed by atoms with Gasteiger partial charge in [0.2, 0.25) is 5.91 Å². The Kier molecular flexibility index (Phi) is 5.33. The summed E-state index contributed by atoms with van der Waals surface area (Å²) in [6.45, 7) is 5.37. The third kappa shape index (κ3) is 4.61. The largest absolute Gasteiger partial charge is 0.444 e. The van der Waals surface area contributed by atoms with Crippen molar-refractivity contribution in [3.05, 3.63) is 24.3 Å². The second-order valence-electron chi connectivity index (χ2n) is 6.85. The summed E-state index contributed by atoms with van der Waals surface area (Å²) in [6.07, 6.45) is -1.13. The van der Waals surface area contributed by atoms with Gasteiger partial charge in [-0.25, -0.2) is 4.79 Å². The molecule has 7 heteroatoms. The van der Waals surface area contributed by atoms with Crippen LogP contribution in [-0.2, 0) is 9.53 Å². The van der Waals surface area contributed by atoms with Gasteiger partial charge in [0.15, 0.2) is 0 Å². The molecule has 0 saturated carbocycles. The lowest BCUT2D eigenvalue weighted by atomic mass is 10.1. The summed E-state index contributed by atoms with van der Waals surface area (Å²) in [5, 5.41) is 15.6. The van der Waals surface area contributed by atoms with E-state index in [-0.39, 0.29) is 18.9 Å². The predicted octanol–water partition coefficient (Wildman–Crippen LogP) is 2.04. The Morgan fingerprint density at radius 1 is 1.21 bits per heavy atom. The molecule has 1 heterocycles. The van der Waals surface area contributed by atoms with Gasteiger partial charge in [0.1, 0.15) is 11.6 Å². The van der Waals surface area contributed by atoms with Crippen molar-refractivity contribution >= 4 is 23.4 Å². The van der Waals surface area contributed by atoms with Crippen LogP contribution in [0.3, 0.4) is 0 Å². The van der Waals surface area contributed by atoms with Gasteiger partial charge in [-0.1, -0.05) is 0 Å². The highest BCUT2D eigenvalue weighted by atomic mass is 16.6. The summed E-state index contributed by atoms with van der Waals surface area (Å²) in [6, 6.07) is 6.47. The maximum atomic E-state index is 12.5. The number of ether oxygens (including phenoxy) is 1. The smallest absolute Gasteiger partial charge is 0.411 e. The number of aliphatic hydroxyl groups excluding tert-OH is 1. The van der Waals surface area contributed by atoms with E-state index >= 15 is 0 Å². The van der Waals surface area contributed by atoms with Crippen LogP contribution < -0.4 is 10.6 Å². The highest BCUT2D eigenvalue weighted by Crippen LogP contribution is 2.23. The molecule has 0 spiro atoms. The number of carbonyl (C=O) groups is 2. The summed E-state index contributed by atoms with van der Waals surface area (Å²) >= 11 is 0. The predicted molar refractivity (Wildman–Crippen MR) is 92.0 cm³/mol. The van der Waals surface area contributed by atoms with Crippen molar-refractivity contribution in [3.8, 4) is 0 Å². The van der Waals surface area contributed by atoms with E-state index in [0.717, 1.165) is 5.69 Å². The standard InChI is InChI=1S/C17H25N3O4/c1-17(2,3)24-16(23)20-10-13(21)9-14(20)15(22)19-12-7-5-11(18-4)6-8-12/h5-8,13-14,18,21H,9-10H2,1-4H3,(H,19,22)/t13-,14-/m1/s1. The lowest BCUT2D eigenvalue weighted by Crippen LogP contribution is -2.45. The molecular formula is C17H25N3O4. The van der Waals surface area contributed by atoms with Crippen molar-refractivity contribution in [2.45, 2.75) is 44.9 Å². The van der Waals surface area contributed by atoms with Crippen LogP contribution in [0, 0.1) is 0 Å². The number of anilines is 2. The minimum atomic E-state index is -0.751. The molecule has 0 bridgehead atoms. The molecule has 0 radical (unpaired) electrons. The van der Waals surface area contributed by atoms with Crippen LogP contribution in [0.5, 0.6) is 0 Å². The van der Waals surface area contributed by atoms with Crippen molar-refractivity contribution in [3.63, 3.8) is 0 Å². The highest BCUT2D eigenvalue weighted by Gasteiger charge is 2.40. The Hall–Kier alpha value is -2.28. The molecule has 0 aliphatic carbocycles. The lowest BCUT2D eigenvalue weighted by Gasteiger charge is -2.27. The van der Waals surface area contributed by atoms with Crippen LogP contribution >= 0.6 is 0 Å². The number of rotatable bonds is 3. The SMILES string of the molecule is CNc1ccc(NC(=O)[C@H]2C[C@@H](O)CN2C(=O)OC(C)(C)C)cc1. The molecule has 1 aliphatic heterocycles. The summed E-state index contributed by atoms with van der Waals surface area (Å²) in [5.41, 5.74) is 0.901. The average Bonchev–Trinajstić information content (AvgIpc) is 2.88. The lowest BCUT2D eigenvalue weighted by molar-refractivity contribution is -0.120. The molecule has 2 atom stereocenters. The molecule has 7 nitrogen and oxygen atoms in total. The Morgan fingerprint density at radius 2 is 1.79 bits per heavy atom. The van der Waals surface area contributed by atoms with Crippen molar-refractivity contribution < 1.29 is 19.4 Å². The van der Waals surface area contributed by atoms with Crippen molar-refractivity contribution in [2.75, 3.05) is 24.2 Å². The fourth-order valence-corrected chi connectivity index (χ4v) is 2.53. The van der Waals surface area contributed by atoms with Gasteiger partial charge in [-0.05, 0) is 45.0 Å². The summed E-state index contributed by atoms with van der Waals surface area (Å²) < 4.78 is 5.32. The highest BCUT2D eigenvalue weighted by molar-refractivity contribution is 5.97. The molecule has 0 unspecified atom stereocenters. The molecule has 1 aromatic carbocycles. The molecule has 1 fully saturated rings. The quantitative estimate of drug-likeness (QED) is 0.786. The van der Waals surface area contributed by atoms with E-state index in [2.05, 4.69) is 10.6 Å². The van der Waals surface area contributed by atoms with Crippen LogP contribution in [0.15, 0.2) is 24.3 Å². The van der Waals surface area contributed by atoms with Gasteiger partial charge >= 0.3 is 6.09 Å². The number of amides is 2. The molecule has 24 heavy (non-hydrogen) atoms. The number of hydrogen-bond acceptors (Lipinski definition) is 5. The number of likely N-dealkylation sites (tertiary alicyclic amines) is 1.